The lowest BCUT2D eigenvalue weighted by molar-refractivity contribution is -0.170. The van der Waals surface area contributed by atoms with Gasteiger partial charge in [-0.2, -0.15) is 0 Å². The molecule has 0 saturated heterocycles. The number of Topliss-reactive ketones (excluding diaryl/α,β-unsaturated/α-hetero) is 1. The van der Waals surface area contributed by atoms with Gasteiger partial charge < -0.3 is 25.4 Å². The molecule has 4 rings (SSSR count). The van der Waals surface area contributed by atoms with Gasteiger partial charge in [0.1, 0.15) is 11.6 Å². The van der Waals surface area contributed by atoms with E-state index in [1.165, 1.54) is 5.57 Å². The Hall–Kier alpha value is -3.08. The zero-order chi connectivity index (χ0) is 30.2. The molecule has 1 amide bonds. The summed E-state index contributed by atoms with van der Waals surface area (Å²) in [5.74, 6) is -3.62. The van der Waals surface area contributed by atoms with Crippen molar-refractivity contribution in [3.05, 3.63) is 11.6 Å². The number of hydrogen-bond acceptors (Lipinski definition) is 8. The third-order valence-electron chi connectivity index (χ3n) is 10.8. The molecule has 0 aromatic heterocycles. The zero-order valence-electron chi connectivity index (χ0n) is 23.8. The van der Waals surface area contributed by atoms with Gasteiger partial charge in [-0.3, -0.25) is 24.0 Å². The number of esters is 1. The summed E-state index contributed by atoms with van der Waals surface area (Å²) in [7, 11) is 0. The third-order valence-corrected chi connectivity index (χ3v) is 10.8. The number of fused-ring (bicyclic) bond motifs is 5. The van der Waals surface area contributed by atoms with Crippen molar-refractivity contribution in [1.82, 2.24) is 5.32 Å². The van der Waals surface area contributed by atoms with Gasteiger partial charge in [0.05, 0.1) is 6.42 Å². The second-order valence-corrected chi connectivity index (χ2v) is 12.8. The molecule has 7 atom stereocenters. The van der Waals surface area contributed by atoms with Gasteiger partial charge in [0.25, 0.3) is 0 Å². The van der Waals surface area contributed by atoms with E-state index < -0.39 is 72.5 Å². The molecule has 11 nitrogen and oxygen atoms in total. The van der Waals surface area contributed by atoms with E-state index in [1.54, 1.807) is 0 Å². The quantitative estimate of drug-likeness (QED) is 0.267. The number of amides is 1. The Morgan fingerprint density at radius 1 is 0.976 bits per heavy atom. The van der Waals surface area contributed by atoms with Crippen molar-refractivity contribution in [2.75, 3.05) is 6.61 Å². The van der Waals surface area contributed by atoms with Crippen molar-refractivity contribution in [2.24, 2.45) is 28.6 Å². The molecular weight excluding hydrogens is 534 g/mol. The number of carboxylic acids is 2. The van der Waals surface area contributed by atoms with Crippen molar-refractivity contribution < 1.29 is 48.8 Å². The number of allylic oxidation sites excluding steroid dienone is 1. The fraction of sp³-hybridized carbons (Fsp3) is 0.733. The van der Waals surface area contributed by atoms with E-state index >= 15 is 0 Å². The number of nitrogens with one attached hydrogen (secondary N) is 1. The summed E-state index contributed by atoms with van der Waals surface area (Å²) < 4.78 is 5.13. The number of hydrogen-bond donors (Lipinski definition) is 4. The van der Waals surface area contributed by atoms with Crippen LogP contribution in [0.15, 0.2) is 11.6 Å². The maximum atomic E-state index is 13.3. The Morgan fingerprint density at radius 3 is 2.37 bits per heavy atom. The van der Waals surface area contributed by atoms with Crippen LogP contribution in [0.25, 0.3) is 0 Å². The highest BCUT2D eigenvalue weighted by atomic mass is 16.5. The number of carbonyl (C=O) groups excluding carboxylic acids is 4. The van der Waals surface area contributed by atoms with Crippen LogP contribution in [0.2, 0.25) is 0 Å². The standard InChI is InChI=1S/C30H41NO10/c1-28-12-9-18(32)15-17(28)3-4-19-20(28)10-13-29(2)21(19)11-14-30(29,40)23(33)16-41-26(37)8-6-24(34)31-22(27(38)39)5-7-25(35)36/h15,19-22,40H,3-14,16H2,1-2H3,(H,31,34)(H,35,36)(H,38,39). The number of ketones is 2. The second-order valence-electron chi connectivity index (χ2n) is 12.8. The van der Waals surface area contributed by atoms with E-state index in [4.69, 9.17) is 14.9 Å². The van der Waals surface area contributed by atoms with Crippen LogP contribution in [0.3, 0.4) is 0 Å². The molecule has 3 saturated carbocycles. The second kappa shape index (κ2) is 11.7. The highest BCUT2D eigenvalue weighted by Crippen LogP contribution is 2.67. The lowest BCUT2D eigenvalue weighted by Crippen LogP contribution is -2.58. The van der Waals surface area contributed by atoms with Crippen LogP contribution in [0.4, 0.5) is 0 Å². The summed E-state index contributed by atoms with van der Waals surface area (Å²) in [6, 6.07) is -1.40. The molecule has 0 spiro atoms. The van der Waals surface area contributed by atoms with Crippen LogP contribution in [-0.2, 0) is 33.5 Å². The van der Waals surface area contributed by atoms with Crippen LogP contribution in [0.5, 0.6) is 0 Å². The van der Waals surface area contributed by atoms with E-state index in [9.17, 15) is 33.9 Å². The highest BCUT2D eigenvalue weighted by Gasteiger charge is 2.66. The number of carboxylic acid groups (broad SMARTS) is 2. The van der Waals surface area contributed by atoms with Gasteiger partial charge in [-0.1, -0.05) is 19.4 Å². The average molecular weight is 576 g/mol. The Kier molecular flexibility index (Phi) is 8.78. The Balaban J connectivity index is 1.31. The summed E-state index contributed by atoms with van der Waals surface area (Å²) >= 11 is 0. The molecule has 0 radical (unpaired) electrons. The van der Waals surface area contributed by atoms with Crippen molar-refractivity contribution in [2.45, 2.75) is 103 Å². The first-order valence-electron chi connectivity index (χ1n) is 14.6. The van der Waals surface area contributed by atoms with Gasteiger partial charge >= 0.3 is 17.9 Å². The first kappa shape index (κ1) is 30.9. The molecule has 0 aromatic carbocycles. The summed E-state index contributed by atoms with van der Waals surface area (Å²) in [5.41, 5.74) is -1.05. The summed E-state index contributed by atoms with van der Waals surface area (Å²) in [6.45, 7) is 3.64. The molecule has 0 bridgehead atoms. The molecule has 0 heterocycles. The number of ether oxygens (including phenoxy) is 1. The van der Waals surface area contributed by atoms with Gasteiger partial charge in [-0.25, -0.2) is 4.79 Å². The minimum absolute atomic E-state index is 0.0224. The van der Waals surface area contributed by atoms with Crippen molar-refractivity contribution >= 4 is 35.4 Å². The Bertz CT molecular complexity index is 1160. The SMILES string of the molecule is CC12CCC(=O)C=C1CCC1C2CCC2(C)C1CCC2(O)C(=O)COC(=O)CCC(=O)NC(CCC(=O)O)C(=O)O. The molecule has 4 aliphatic rings. The average Bonchev–Trinajstić information content (AvgIpc) is 3.20. The maximum Gasteiger partial charge on any atom is 0.326 e. The molecule has 4 aliphatic carbocycles. The van der Waals surface area contributed by atoms with Gasteiger partial charge in [0, 0.05) is 24.7 Å². The highest BCUT2D eigenvalue weighted by molar-refractivity contribution is 5.92. The van der Waals surface area contributed by atoms with Crippen molar-refractivity contribution in [3.8, 4) is 0 Å². The van der Waals surface area contributed by atoms with Crippen LogP contribution in [0.1, 0.15) is 90.9 Å². The predicted molar refractivity (Wildman–Crippen MR) is 143 cm³/mol. The molecule has 226 valence electrons. The Labute approximate surface area is 239 Å². The summed E-state index contributed by atoms with van der Waals surface area (Å²) in [4.78, 5) is 71.7. The summed E-state index contributed by atoms with van der Waals surface area (Å²) in [6.07, 6.45) is 6.04. The molecule has 0 aromatic rings. The third kappa shape index (κ3) is 5.82. The fourth-order valence-corrected chi connectivity index (χ4v) is 8.38. The minimum Gasteiger partial charge on any atom is -0.481 e. The largest absolute Gasteiger partial charge is 0.481 e. The van der Waals surface area contributed by atoms with Crippen LogP contribution in [-0.4, -0.2) is 69.0 Å². The normalized spacial score (nSPS) is 34.8. The van der Waals surface area contributed by atoms with E-state index in [2.05, 4.69) is 12.2 Å². The molecule has 7 unspecified atom stereocenters. The Morgan fingerprint density at radius 2 is 1.68 bits per heavy atom. The number of carbonyl (C=O) groups is 6. The van der Waals surface area contributed by atoms with Gasteiger partial charge in [0.15, 0.2) is 12.4 Å². The van der Waals surface area contributed by atoms with E-state index in [1.807, 2.05) is 13.0 Å². The van der Waals surface area contributed by atoms with Crippen molar-refractivity contribution in [3.63, 3.8) is 0 Å². The van der Waals surface area contributed by atoms with E-state index in [-0.39, 0.29) is 23.5 Å². The molecule has 11 heteroatoms. The number of aliphatic carboxylic acids is 2. The molecular formula is C30H41NO10. The molecule has 3 fully saturated rings. The van der Waals surface area contributed by atoms with Crippen LogP contribution in [0, 0.1) is 28.6 Å². The topological polar surface area (TPSA) is 184 Å². The molecule has 0 aliphatic heterocycles. The van der Waals surface area contributed by atoms with Crippen molar-refractivity contribution in [1.29, 1.82) is 0 Å². The maximum absolute atomic E-state index is 13.3. The van der Waals surface area contributed by atoms with E-state index in [0.29, 0.717) is 37.5 Å². The lowest BCUT2D eigenvalue weighted by Gasteiger charge is -2.58. The summed E-state index contributed by atoms with van der Waals surface area (Å²) in [5, 5.41) is 31.8. The lowest BCUT2D eigenvalue weighted by atomic mass is 9.46. The first-order chi connectivity index (χ1) is 19.2. The smallest absolute Gasteiger partial charge is 0.326 e. The zero-order valence-corrected chi connectivity index (χ0v) is 23.8. The van der Waals surface area contributed by atoms with Gasteiger partial charge in [-0.15, -0.1) is 0 Å². The van der Waals surface area contributed by atoms with E-state index in [0.717, 1.165) is 25.7 Å². The fourth-order valence-electron chi connectivity index (χ4n) is 8.38. The minimum atomic E-state index is -1.63. The predicted octanol–water partition coefficient (Wildman–Crippen LogP) is 2.58. The molecule has 41 heavy (non-hydrogen) atoms. The first-order valence-corrected chi connectivity index (χ1v) is 14.6. The number of aliphatic hydroxyl groups is 1. The van der Waals surface area contributed by atoms with Crippen LogP contribution >= 0.6 is 0 Å². The van der Waals surface area contributed by atoms with Gasteiger partial charge in [0.2, 0.25) is 11.7 Å². The monoisotopic (exact) mass is 575 g/mol. The van der Waals surface area contributed by atoms with Gasteiger partial charge in [-0.05, 0) is 80.6 Å². The number of rotatable bonds is 11. The van der Waals surface area contributed by atoms with Crippen LogP contribution < -0.4 is 5.32 Å². The molecule has 4 N–H and O–H groups in total.